The highest BCUT2D eigenvalue weighted by Gasteiger charge is 2.26. The van der Waals surface area contributed by atoms with Gasteiger partial charge in [-0.25, -0.2) is 20.4 Å². The zero-order valence-electron chi connectivity index (χ0n) is 14.0. The van der Waals surface area contributed by atoms with Crippen molar-refractivity contribution in [3.8, 4) is 0 Å². The largest absolute Gasteiger partial charge is 0.355 e. The van der Waals surface area contributed by atoms with E-state index >= 15 is 0 Å². The predicted octanol–water partition coefficient (Wildman–Crippen LogP) is 0.674. The Bertz CT molecular complexity index is 551. The monoisotopic (exact) mass is 324 g/mol. The molecule has 0 amide bonds. The zero-order chi connectivity index (χ0) is 17.0. The molecule has 0 aromatic carbocycles. The summed E-state index contributed by atoms with van der Waals surface area (Å²) in [5.41, 5.74) is 8.38. The van der Waals surface area contributed by atoms with Gasteiger partial charge in [-0.05, 0) is 27.8 Å². The van der Waals surface area contributed by atoms with Crippen molar-refractivity contribution in [2.75, 3.05) is 44.1 Å². The number of nitrogens with zero attached hydrogens (tertiary/aromatic N) is 5. The first-order valence-electron chi connectivity index (χ1n) is 7.49. The predicted molar refractivity (Wildman–Crippen MR) is 87.9 cm³/mol. The first-order chi connectivity index (χ1) is 10.8. The maximum absolute atomic E-state index is 11.5. The van der Waals surface area contributed by atoms with Crippen molar-refractivity contribution >= 4 is 17.3 Å². The van der Waals surface area contributed by atoms with Crippen molar-refractivity contribution in [2.45, 2.75) is 26.3 Å². The molecule has 10 heteroatoms. The van der Waals surface area contributed by atoms with Gasteiger partial charge in [-0.3, -0.25) is 21.0 Å². The molecule has 0 aliphatic carbocycles. The van der Waals surface area contributed by atoms with Crippen molar-refractivity contribution in [1.29, 1.82) is 0 Å². The summed E-state index contributed by atoms with van der Waals surface area (Å²) in [6.07, 6.45) is 1.30. The van der Waals surface area contributed by atoms with Crippen LogP contribution in [0.2, 0.25) is 0 Å². The molecule has 23 heavy (non-hydrogen) atoms. The molecule has 1 fully saturated rings. The van der Waals surface area contributed by atoms with Crippen LogP contribution in [0.5, 0.6) is 0 Å². The normalized spacial score (nSPS) is 17.0. The molecule has 1 aliphatic rings. The molecule has 1 aromatic rings. The molecule has 0 unspecified atom stereocenters. The summed E-state index contributed by atoms with van der Waals surface area (Å²) < 4.78 is 0. The van der Waals surface area contributed by atoms with Gasteiger partial charge in [0.1, 0.15) is 6.33 Å². The highest BCUT2D eigenvalue weighted by molar-refractivity contribution is 5.68. The summed E-state index contributed by atoms with van der Waals surface area (Å²) >= 11 is 0. The lowest BCUT2D eigenvalue weighted by Gasteiger charge is -2.32. The van der Waals surface area contributed by atoms with Crippen molar-refractivity contribution in [3.05, 3.63) is 16.4 Å². The minimum atomic E-state index is -0.481. The van der Waals surface area contributed by atoms with Gasteiger partial charge < -0.3 is 4.90 Å². The van der Waals surface area contributed by atoms with Crippen molar-refractivity contribution in [1.82, 2.24) is 25.3 Å². The van der Waals surface area contributed by atoms with Crippen LogP contribution in [0.15, 0.2) is 6.33 Å². The zero-order valence-corrected chi connectivity index (χ0v) is 14.0. The summed E-state index contributed by atoms with van der Waals surface area (Å²) in [6.45, 7) is 9.13. The number of hydrogen-bond acceptors (Lipinski definition) is 9. The quantitative estimate of drug-likeness (QED) is 0.531. The average Bonchev–Trinajstić information content (AvgIpc) is 2.46. The second-order valence-electron chi connectivity index (χ2n) is 6.58. The molecule has 0 radical (unpaired) electrons. The number of nitro groups is 1. The topological polar surface area (TPSA) is 111 Å². The molecule has 0 bridgehead atoms. The van der Waals surface area contributed by atoms with Crippen molar-refractivity contribution in [3.63, 3.8) is 0 Å². The highest BCUT2D eigenvalue weighted by atomic mass is 16.6. The van der Waals surface area contributed by atoms with Crippen LogP contribution in [0, 0.1) is 10.1 Å². The number of aromatic nitrogens is 2. The molecule has 1 saturated heterocycles. The van der Waals surface area contributed by atoms with E-state index in [0.29, 0.717) is 0 Å². The van der Waals surface area contributed by atoms with Gasteiger partial charge >= 0.3 is 5.69 Å². The van der Waals surface area contributed by atoms with Crippen LogP contribution in [-0.4, -0.2) is 63.6 Å². The summed E-state index contributed by atoms with van der Waals surface area (Å²) in [5.74, 6) is 0.323. The fraction of sp³-hybridized carbons (Fsp3) is 0.692. The summed E-state index contributed by atoms with van der Waals surface area (Å²) in [4.78, 5) is 21.2. The van der Waals surface area contributed by atoms with Crippen molar-refractivity contribution < 1.29 is 4.92 Å². The average molecular weight is 324 g/mol. The highest BCUT2D eigenvalue weighted by Crippen LogP contribution is 2.29. The Kier molecular flexibility index (Phi) is 5.29. The third-order valence-electron chi connectivity index (χ3n) is 3.33. The second-order valence-corrected chi connectivity index (χ2v) is 6.58. The summed E-state index contributed by atoms with van der Waals surface area (Å²) in [5, 5.41) is 13.4. The van der Waals surface area contributed by atoms with E-state index in [9.17, 15) is 10.1 Å². The van der Waals surface area contributed by atoms with E-state index in [1.165, 1.54) is 6.33 Å². The van der Waals surface area contributed by atoms with Gasteiger partial charge in [0.25, 0.3) is 0 Å². The molecule has 0 spiro atoms. The number of nitrogens with one attached hydrogen (secondary N) is 3. The number of hydrazine groups is 2. The number of rotatable bonds is 5. The number of likely N-dealkylation sites (N-methyl/N-ethyl adjacent to an activating group) is 1. The van der Waals surface area contributed by atoms with Gasteiger partial charge in [0.2, 0.25) is 11.6 Å². The van der Waals surface area contributed by atoms with E-state index in [2.05, 4.69) is 31.1 Å². The molecule has 0 atom stereocenters. The third-order valence-corrected chi connectivity index (χ3v) is 3.33. The number of anilines is 2. The van der Waals surface area contributed by atoms with Gasteiger partial charge in [-0.15, -0.1) is 0 Å². The minimum absolute atomic E-state index is 0.136. The molecule has 1 aromatic heterocycles. The molecule has 3 N–H and O–H groups in total. The van der Waals surface area contributed by atoms with Crippen LogP contribution in [0.1, 0.15) is 20.8 Å². The molecular weight excluding hydrogens is 300 g/mol. The van der Waals surface area contributed by atoms with Crippen LogP contribution < -0.4 is 16.3 Å². The Morgan fingerprint density at radius 3 is 2.35 bits per heavy atom. The Labute approximate surface area is 135 Å². The molecular formula is C13H24N8O2. The van der Waals surface area contributed by atoms with Gasteiger partial charge in [-0.2, -0.15) is 0 Å². The Morgan fingerprint density at radius 2 is 1.78 bits per heavy atom. The standard InChI is InChI=1S/C13H24N8O2/c1-13(2,3)18-16-11-10(21(22)23)12(15-9-14-11)17-20-7-5-19(4)6-8-20/h9,18H,5-8H2,1-4H3,(H2,14,15,16,17). The molecule has 0 saturated carbocycles. The number of piperazine rings is 1. The van der Waals surface area contributed by atoms with Crippen LogP contribution in [0.3, 0.4) is 0 Å². The molecule has 2 heterocycles. The van der Waals surface area contributed by atoms with Gasteiger partial charge in [0.05, 0.1) is 4.92 Å². The first kappa shape index (κ1) is 17.3. The lowest BCUT2D eigenvalue weighted by Crippen LogP contribution is -2.47. The van der Waals surface area contributed by atoms with Crippen LogP contribution >= 0.6 is 0 Å². The van der Waals surface area contributed by atoms with Crippen LogP contribution in [0.4, 0.5) is 17.3 Å². The lowest BCUT2D eigenvalue weighted by molar-refractivity contribution is -0.383. The van der Waals surface area contributed by atoms with E-state index in [1.807, 2.05) is 32.8 Å². The second kappa shape index (κ2) is 7.02. The minimum Gasteiger partial charge on any atom is -0.304 e. The molecule has 10 nitrogen and oxygen atoms in total. The maximum atomic E-state index is 11.5. The van der Waals surface area contributed by atoms with E-state index in [1.54, 1.807) is 0 Å². The summed E-state index contributed by atoms with van der Waals surface area (Å²) in [7, 11) is 2.05. The third kappa shape index (κ3) is 4.98. The van der Waals surface area contributed by atoms with Crippen LogP contribution in [0.25, 0.3) is 0 Å². The fourth-order valence-electron chi connectivity index (χ4n) is 2.04. The van der Waals surface area contributed by atoms with E-state index in [-0.39, 0.29) is 22.9 Å². The maximum Gasteiger partial charge on any atom is 0.355 e. The van der Waals surface area contributed by atoms with Gasteiger partial charge in [0.15, 0.2) is 0 Å². The van der Waals surface area contributed by atoms with Crippen molar-refractivity contribution in [2.24, 2.45) is 0 Å². The number of hydrogen-bond donors (Lipinski definition) is 3. The fourth-order valence-corrected chi connectivity index (χ4v) is 2.04. The molecule has 128 valence electrons. The van der Waals surface area contributed by atoms with Gasteiger partial charge in [-0.1, -0.05) is 0 Å². The van der Waals surface area contributed by atoms with Gasteiger partial charge in [0, 0.05) is 31.7 Å². The lowest BCUT2D eigenvalue weighted by atomic mass is 10.1. The summed E-state index contributed by atoms with van der Waals surface area (Å²) in [6, 6.07) is 0. The Morgan fingerprint density at radius 1 is 1.17 bits per heavy atom. The Balaban J connectivity index is 2.17. The SMILES string of the molecule is CN1CCN(Nc2ncnc(NNC(C)(C)C)c2[N+](=O)[O-])CC1. The van der Waals surface area contributed by atoms with E-state index < -0.39 is 4.92 Å². The molecule has 2 rings (SSSR count). The van der Waals surface area contributed by atoms with E-state index in [4.69, 9.17) is 0 Å². The molecule has 1 aliphatic heterocycles. The first-order valence-corrected chi connectivity index (χ1v) is 7.49. The van der Waals surface area contributed by atoms with Crippen LogP contribution in [-0.2, 0) is 0 Å². The Hall–Kier alpha value is -2.04. The smallest absolute Gasteiger partial charge is 0.304 e. The van der Waals surface area contributed by atoms with E-state index in [0.717, 1.165) is 26.2 Å².